The van der Waals surface area contributed by atoms with Crippen molar-refractivity contribution >= 4 is 32.3 Å². The van der Waals surface area contributed by atoms with Gasteiger partial charge in [-0.15, -0.1) is 0 Å². The molecule has 48 heavy (non-hydrogen) atoms. The minimum Gasteiger partial charge on any atom is -0.228 e. The van der Waals surface area contributed by atoms with Gasteiger partial charge in [0.05, 0.1) is 11.4 Å². The Balaban J connectivity index is 1.26. The van der Waals surface area contributed by atoms with Crippen molar-refractivity contribution in [3.63, 3.8) is 0 Å². The van der Waals surface area contributed by atoms with Gasteiger partial charge in [0.2, 0.25) is 0 Å². The third-order valence-electron chi connectivity index (χ3n) is 9.25. The molecule has 9 aromatic rings. The van der Waals surface area contributed by atoms with Crippen molar-refractivity contribution in [2.45, 2.75) is 0 Å². The molecule has 8 aromatic carbocycles. The molecule has 1 heterocycles. The highest BCUT2D eigenvalue weighted by Crippen LogP contribution is 2.41. The second kappa shape index (κ2) is 11.8. The van der Waals surface area contributed by atoms with E-state index in [0.717, 1.165) is 33.6 Å². The van der Waals surface area contributed by atoms with Gasteiger partial charge in [-0.25, -0.2) is 9.97 Å². The SMILES string of the molecule is c1ccc(-c2ccc(-c3cccc(-c4cc(-c5c6ccccc6cc6ccc7ccccc7c56)nc(-c5ccccc5)n4)c3)cc2)cc1. The van der Waals surface area contributed by atoms with Crippen molar-refractivity contribution in [1.29, 1.82) is 0 Å². The van der Waals surface area contributed by atoms with Crippen molar-refractivity contribution in [2.75, 3.05) is 0 Å². The summed E-state index contributed by atoms with van der Waals surface area (Å²) in [7, 11) is 0. The zero-order valence-electron chi connectivity index (χ0n) is 26.2. The molecule has 0 spiro atoms. The molecule has 0 saturated carbocycles. The Morgan fingerprint density at radius 3 is 1.60 bits per heavy atom. The molecule has 0 aliphatic carbocycles. The molecule has 224 valence electrons. The molecule has 0 fully saturated rings. The van der Waals surface area contributed by atoms with E-state index in [1.54, 1.807) is 0 Å². The monoisotopic (exact) mass is 610 g/mol. The number of nitrogens with zero attached hydrogens (tertiary/aromatic N) is 2. The van der Waals surface area contributed by atoms with E-state index < -0.39 is 0 Å². The largest absolute Gasteiger partial charge is 0.228 e. The quantitative estimate of drug-likeness (QED) is 0.143. The van der Waals surface area contributed by atoms with Gasteiger partial charge < -0.3 is 0 Å². The van der Waals surface area contributed by atoms with E-state index >= 15 is 0 Å². The van der Waals surface area contributed by atoms with Gasteiger partial charge in [-0.2, -0.15) is 0 Å². The summed E-state index contributed by atoms with van der Waals surface area (Å²) in [4.78, 5) is 10.5. The third kappa shape index (κ3) is 5.01. The number of fused-ring (bicyclic) bond motifs is 4. The highest BCUT2D eigenvalue weighted by atomic mass is 14.9. The molecule has 0 aliphatic rings. The summed E-state index contributed by atoms with van der Waals surface area (Å²) in [6, 6.07) is 64.5. The lowest BCUT2D eigenvalue weighted by atomic mass is 9.90. The Bertz CT molecular complexity index is 2590. The first-order valence-corrected chi connectivity index (χ1v) is 16.3. The van der Waals surface area contributed by atoms with Crippen LogP contribution in [0.1, 0.15) is 0 Å². The van der Waals surface area contributed by atoms with Crippen LogP contribution in [0.4, 0.5) is 0 Å². The minimum atomic E-state index is 0.710. The molecular formula is C46H30N2. The lowest BCUT2D eigenvalue weighted by Gasteiger charge is -2.16. The van der Waals surface area contributed by atoms with Gasteiger partial charge in [-0.05, 0) is 72.8 Å². The van der Waals surface area contributed by atoms with E-state index in [1.165, 1.54) is 49.0 Å². The molecule has 0 atom stereocenters. The molecule has 0 radical (unpaired) electrons. The molecule has 2 nitrogen and oxygen atoms in total. The Morgan fingerprint density at radius 1 is 0.292 bits per heavy atom. The van der Waals surface area contributed by atoms with Crippen LogP contribution in [-0.2, 0) is 0 Å². The van der Waals surface area contributed by atoms with Crippen molar-refractivity contribution in [3.8, 4) is 56.2 Å². The van der Waals surface area contributed by atoms with Gasteiger partial charge in [-0.3, -0.25) is 0 Å². The lowest BCUT2D eigenvalue weighted by Crippen LogP contribution is -1.97. The maximum absolute atomic E-state index is 5.31. The summed E-state index contributed by atoms with van der Waals surface area (Å²) in [6.45, 7) is 0. The zero-order chi connectivity index (χ0) is 31.9. The van der Waals surface area contributed by atoms with E-state index in [-0.39, 0.29) is 0 Å². The number of benzene rings is 8. The second-order valence-corrected chi connectivity index (χ2v) is 12.2. The van der Waals surface area contributed by atoms with Crippen LogP contribution >= 0.6 is 0 Å². The van der Waals surface area contributed by atoms with Crippen molar-refractivity contribution < 1.29 is 0 Å². The summed E-state index contributed by atoms with van der Waals surface area (Å²) >= 11 is 0. The Labute approximate surface area is 279 Å². The molecule has 0 N–H and O–H groups in total. The van der Waals surface area contributed by atoms with Gasteiger partial charge in [0.25, 0.3) is 0 Å². The van der Waals surface area contributed by atoms with E-state index in [9.17, 15) is 0 Å². The van der Waals surface area contributed by atoms with Crippen LogP contribution in [0, 0.1) is 0 Å². The highest BCUT2D eigenvalue weighted by Gasteiger charge is 2.17. The highest BCUT2D eigenvalue weighted by molar-refractivity contribution is 6.21. The van der Waals surface area contributed by atoms with Gasteiger partial charge in [0, 0.05) is 16.7 Å². The maximum Gasteiger partial charge on any atom is 0.160 e. The molecule has 9 rings (SSSR count). The summed E-state index contributed by atoms with van der Waals surface area (Å²) in [6.07, 6.45) is 0. The summed E-state index contributed by atoms with van der Waals surface area (Å²) in [5.74, 6) is 0.710. The van der Waals surface area contributed by atoms with Crippen LogP contribution in [0.15, 0.2) is 182 Å². The van der Waals surface area contributed by atoms with Crippen LogP contribution in [0.3, 0.4) is 0 Å². The van der Waals surface area contributed by atoms with E-state index in [2.05, 4.69) is 164 Å². The number of aromatic nitrogens is 2. The predicted octanol–water partition coefficient (Wildman–Crippen LogP) is 12.3. The number of rotatable bonds is 5. The Kier molecular flexibility index (Phi) is 6.84. The normalized spacial score (nSPS) is 11.3. The minimum absolute atomic E-state index is 0.710. The lowest BCUT2D eigenvalue weighted by molar-refractivity contribution is 1.19. The first kappa shape index (κ1) is 27.9. The van der Waals surface area contributed by atoms with Crippen LogP contribution in [0.5, 0.6) is 0 Å². The van der Waals surface area contributed by atoms with Crippen LogP contribution < -0.4 is 0 Å². The average Bonchev–Trinajstić information content (AvgIpc) is 3.17. The topological polar surface area (TPSA) is 25.8 Å². The smallest absolute Gasteiger partial charge is 0.160 e. The first-order chi connectivity index (χ1) is 23.8. The molecule has 0 bridgehead atoms. The van der Waals surface area contributed by atoms with E-state index in [0.29, 0.717) is 5.82 Å². The van der Waals surface area contributed by atoms with Crippen molar-refractivity contribution in [2.24, 2.45) is 0 Å². The van der Waals surface area contributed by atoms with E-state index in [1.807, 2.05) is 18.2 Å². The maximum atomic E-state index is 5.31. The predicted molar refractivity (Wildman–Crippen MR) is 202 cm³/mol. The van der Waals surface area contributed by atoms with Gasteiger partial charge in [0.1, 0.15) is 0 Å². The zero-order valence-corrected chi connectivity index (χ0v) is 26.2. The molecule has 0 saturated heterocycles. The van der Waals surface area contributed by atoms with E-state index in [4.69, 9.17) is 9.97 Å². The average molecular weight is 611 g/mol. The Hall–Kier alpha value is -6.38. The summed E-state index contributed by atoms with van der Waals surface area (Å²) < 4.78 is 0. The van der Waals surface area contributed by atoms with Crippen LogP contribution in [-0.4, -0.2) is 9.97 Å². The molecule has 0 amide bonds. The number of hydrogen-bond donors (Lipinski definition) is 0. The van der Waals surface area contributed by atoms with Gasteiger partial charge >= 0.3 is 0 Å². The van der Waals surface area contributed by atoms with Crippen molar-refractivity contribution in [1.82, 2.24) is 9.97 Å². The Morgan fingerprint density at radius 2 is 0.833 bits per heavy atom. The van der Waals surface area contributed by atoms with Crippen molar-refractivity contribution in [3.05, 3.63) is 182 Å². The summed E-state index contributed by atoms with van der Waals surface area (Å²) in [5, 5.41) is 7.21. The standard InChI is InChI=1S/C46H30N2/c1-3-12-31(13-4-1)32-22-24-33(25-23-32)36-18-11-19-38(28-36)42-30-43(48-46(47-42)35-15-5-2-6-16-35)45-41-21-10-8-17-37(41)29-39-27-26-34-14-7-9-20-40(34)44(39)45/h1-30H. The molecule has 2 heteroatoms. The third-order valence-corrected chi connectivity index (χ3v) is 9.25. The molecule has 0 aliphatic heterocycles. The van der Waals surface area contributed by atoms with Crippen LogP contribution in [0.2, 0.25) is 0 Å². The number of hydrogen-bond acceptors (Lipinski definition) is 2. The molecule has 1 aromatic heterocycles. The molecule has 0 unspecified atom stereocenters. The fraction of sp³-hybridized carbons (Fsp3) is 0. The van der Waals surface area contributed by atoms with Gasteiger partial charge in [-0.1, -0.05) is 164 Å². The second-order valence-electron chi connectivity index (χ2n) is 12.2. The summed E-state index contributed by atoms with van der Waals surface area (Å²) in [5.41, 5.74) is 9.71. The van der Waals surface area contributed by atoms with Gasteiger partial charge in [0.15, 0.2) is 5.82 Å². The fourth-order valence-corrected chi connectivity index (χ4v) is 6.89. The molecular weight excluding hydrogens is 581 g/mol. The first-order valence-electron chi connectivity index (χ1n) is 16.3. The van der Waals surface area contributed by atoms with Crippen LogP contribution in [0.25, 0.3) is 88.5 Å². The fourth-order valence-electron chi connectivity index (χ4n) is 6.89.